The largest absolute Gasteiger partial charge is 0.338 e. The zero-order valence-corrected chi connectivity index (χ0v) is 15.1. The van der Waals surface area contributed by atoms with E-state index in [-0.39, 0.29) is 6.03 Å². The Morgan fingerprint density at radius 3 is 2.88 bits per heavy atom. The van der Waals surface area contributed by atoms with Gasteiger partial charge in [0.1, 0.15) is 0 Å². The average molecular weight is 348 g/mol. The van der Waals surface area contributed by atoms with Crippen LogP contribution in [0.4, 0.5) is 4.79 Å². The SMILES string of the molecule is Cn1cc([C@@H]2CCN(C(=O)NCCc3ccc4ccccc4c3)C2)cn1. The maximum Gasteiger partial charge on any atom is 0.317 e. The summed E-state index contributed by atoms with van der Waals surface area (Å²) in [4.78, 5) is 14.3. The molecule has 0 aliphatic carbocycles. The summed E-state index contributed by atoms with van der Waals surface area (Å²) in [5.74, 6) is 0.398. The van der Waals surface area contributed by atoms with Crippen LogP contribution in [0.3, 0.4) is 0 Å². The molecule has 3 aromatic rings. The number of rotatable bonds is 4. The van der Waals surface area contributed by atoms with Crippen LogP contribution < -0.4 is 5.32 Å². The summed E-state index contributed by atoms with van der Waals surface area (Å²) in [6.07, 6.45) is 5.80. The number of likely N-dealkylation sites (tertiary alicyclic amines) is 1. The van der Waals surface area contributed by atoms with Gasteiger partial charge in [0, 0.05) is 38.8 Å². The van der Waals surface area contributed by atoms with Crippen molar-refractivity contribution >= 4 is 16.8 Å². The van der Waals surface area contributed by atoms with Crippen LogP contribution in [-0.4, -0.2) is 40.3 Å². The van der Waals surface area contributed by atoms with Gasteiger partial charge in [-0.05, 0) is 34.7 Å². The van der Waals surface area contributed by atoms with Gasteiger partial charge in [-0.2, -0.15) is 5.10 Å². The molecule has 5 heteroatoms. The van der Waals surface area contributed by atoms with Crippen LogP contribution in [0, 0.1) is 0 Å². The van der Waals surface area contributed by atoms with Crippen molar-refractivity contribution in [1.82, 2.24) is 20.0 Å². The number of amides is 2. The normalized spacial score (nSPS) is 17.0. The lowest BCUT2D eigenvalue weighted by Gasteiger charge is -2.17. The number of carbonyl (C=O) groups excluding carboxylic acids is 1. The zero-order chi connectivity index (χ0) is 17.9. The lowest BCUT2D eigenvalue weighted by atomic mass is 10.0. The topological polar surface area (TPSA) is 50.2 Å². The summed E-state index contributed by atoms with van der Waals surface area (Å²) in [5.41, 5.74) is 2.47. The fourth-order valence-corrected chi connectivity index (χ4v) is 3.69. The van der Waals surface area contributed by atoms with Gasteiger partial charge >= 0.3 is 6.03 Å². The number of hydrogen-bond acceptors (Lipinski definition) is 2. The smallest absolute Gasteiger partial charge is 0.317 e. The molecule has 2 aromatic carbocycles. The lowest BCUT2D eigenvalue weighted by molar-refractivity contribution is 0.208. The number of aromatic nitrogens is 2. The zero-order valence-electron chi connectivity index (χ0n) is 15.1. The molecule has 1 saturated heterocycles. The molecule has 0 radical (unpaired) electrons. The van der Waals surface area contributed by atoms with E-state index in [1.807, 2.05) is 29.0 Å². The van der Waals surface area contributed by atoms with E-state index in [1.165, 1.54) is 21.9 Å². The molecule has 1 fully saturated rings. The number of urea groups is 1. The second-order valence-electron chi connectivity index (χ2n) is 7.04. The fraction of sp³-hybridized carbons (Fsp3) is 0.333. The van der Waals surface area contributed by atoms with Crippen molar-refractivity contribution in [2.45, 2.75) is 18.8 Å². The van der Waals surface area contributed by atoms with E-state index in [2.05, 4.69) is 52.9 Å². The van der Waals surface area contributed by atoms with Crippen LogP contribution in [-0.2, 0) is 13.5 Å². The Hall–Kier alpha value is -2.82. The highest BCUT2D eigenvalue weighted by Gasteiger charge is 2.27. The standard InChI is InChI=1S/C21H24N4O/c1-24-14-20(13-23-24)19-9-11-25(15-19)21(26)22-10-8-16-6-7-17-4-2-3-5-18(17)12-16/h2-7,12-14,19H,8-11,15H2,1H3,(H,22,26)/t19-/m1/s1. The molecule has 0 unspecified atom stereocenters. The van der Waals surface area contributed by atoms with Crippen molar-refractivity contribution in [3.63, 3.8) is 0 Å². The second-order valence-corrected chi connectivity index (χ2v) is 7.04. The molecule has 4 rings (SSSR count). The predicted molar refractivity (Wildman–Crippen MR) is 103 cm³/mol. The number of aryl methyl sites for hydroxylation is 1. The van der Waals surface area contributed by atoms with Gasteiger partial charge in [-0.1, -0.05) is 42.5 Å². The Morgan fingerprint density at radius 1 is 1.23 bits per heavy atom. The minimum atomic E-state index is 0.0391. The molecule has 1 atom stereocenters. The third-order valence-corrected chi connectivity index (χ3v) is 5.18. The summed E-state index contributed by atoms with van der Waals surface area (Å²) < 4.78 is 1.82. The van der Waals surface area contributed by atoms with Gasteiger partial charge in [0.25, 0.3) is 0 Å². The van der Waals surface area contributed by atoms with E-state index in [9.17, 15) is 4.79 Å². The van der Waals surface area contributed by atoms with E-state index in [4.69, 9.17) is 0 Å². The number of nitrogens with one attached hydrogen (secondary N) is 1. The monoisotopic (exact) mass is 348 g/mol. The van der Waals surface area contributed by atoms with Crippen LogP contribution in [0.5, 0.6) is 0 Å². The third kappa shape index (κ3) is 3.57. The molecular weight excluding hydrogens is 324 g/mol. The summed E-state index contributed by atoms with van der Waals surface area (Å²) in [6.45, 7) is 2.24. The molecule has 134 valence electrons. The molecule has 0 bridgehead atoms. The maximum atomic E-state index is 12.4. The first-order valence-corrected chi connectivity index (χ1v) is 9.18. The summed E-state index contributed by atoms with van der Waals surface area (Å²) in [6, 6.07) is 14.9. The average Bonchev–Trinajstić information content (AvgIpc) is 3.30. The number of benzene rings is 2. The summed E-state index contributed by atoms with van der Waals surface area (Å²) >= 11 is 0. The Kier molecular flexibility index (Phi) is 4.61. The second kappa shape index (κ2) is 7.20. The van der Waals surface area contributed by atoms with E-state index >= 15 is 0 Å². The van der Waals surface area contributed by atoms with Crippen molar-refractivity contribution in [2.75, 3.05) is 19.6 Å². The molecule has 5 nitrogen and oxygen atoms in total. The fourth-order valence-electron chi connectivity index (χ4n) is 3.69. The van der Waals surface area contributed by atoms with Gasteiger partial charge in [0.15, 0.2) is 0 Å². The van der Waals surface area contributed by atoms with Gasteiger partial charge in [0.2, 0.25) is 0 Å². The van der Waals surface area contributed by atoms with Gasteiger partial charge in [0.05, 0.1) is 6.20 Å². The maximum absolute atomic E-state index is 12.4. The first kappa shape index (κ1) is 16.6. The van der Waals surface area contributed by atoms with E-state index in [1.54, 1.807) is 0 Å². The highest BCUT2D eigenvalue weighted by Crippen LogP contribution is 2.26. The third-order valence-electron chi connectivity index (χ3n) is 5.18. The Bertz CT molecular complexity index is 917. The van der Waals surface area contributed by atoms with Gasteiger partial charge in [-0.3, -0.25) is 4.68 Å². The van der Waals surface area contributed by atoms with Crippen molar-refractivity contribution in [3.05, 3.63) is 66.0 Å². The molecular formula is C21H24N4O. The van der Waals surface area contributed by atoms with Gasteiger partial charge in [-0.25, -0.2) is 4.79 Å². The molecule has 1 aromatic heterocycles. The molecule has 1 aliphatic rings. The number of carbonyl (C=O) groups is 1. The summed E-state index contributed by atoms with van der Waals surface area (Å²) in [5, 5.41) is 9.79. The van der Waals surface area contributed by atoms with E-state index in [0.717, 1.165) is 25.9 Å². The van der Waals surface area contributed by atoms with Crippen molar-refractivity contribution in [2.24, 2.45) is 7.05 Å². The van der Waals surface area contributed by atoms with E-state index in [0.29, 0.717) is 12.5 Å². The Balaban J connectivity index is 1.28. The van der Waals surface area contributed by atoms with Gasteiger partial charge < -0.3 is 10.2 Å². The Morgan fingerprint density at radius 2 is 2.08 bits per heavy atom. The quantitative estimate of drug-likeness (QED) is 0.786. The molecule has 0 spiro atoms. The molecule has 0 saturated carbocycles. The van der Waals surface area contributed by atoms with Crippen LogP contribution in [0.25, 0.3) is 10.8 Å². The van der Waals surface area contributed by atoms with Crippen LogP contribution in [0.2, 0.25) is 0 Å². The first-order chi connectivity index (χ1) is 12.7. The van der Waals surface area contributed by atoms with Gasteiger partial charge in [-0.15, -0.1) is 0 Å². The predicted octanol–water partition coefficient (Wildman–Crippen LogP) is 3.31. The number of nitrogens with zero attached hydrogens (tertiary/aromatic N) is 3. The van der Waals surface area contributed by atoms with Crippen LogP contribution in [0.15, 0.2) is 54.9 Å². The Labute approximate surface area is 153 Å². The van der Waals surface area contributed by atoms with Crippen molar-refractivity contribution < 1.29 is 4.79 Å². The lowest BCUT2D eigenvalue weighted by Crippen LogP contribution is -2.39. The first-order valence-electron chi connectivity index (χ1n) is 9.18. The molecule has 26 heavy (non-hydrogen) atoms. The number of hydrogen-bond donors (Lipinski definition) is 1. The highest BCUT2D eigenvalue weighted by molar-refractivity contribution is 5.83. The molecule has 1 N–H and O–H groups in total. The van der Waals surface area contributed by atoms with Crippen molar-refractivity contribution in [1.29, 1.82) is 0 Å². The van der Waals surface area contributed by atoms with E-state index < -0.39 is 0 Å². The minimum Gasteiger partial charge on any atom is -0.338 e. The van der Waals surface area contributed by atoms with Crippen LogP contribution >= 0.6 is 0 Å². The number of fused-ring (bicyclic) bond motifs is 1. The molecule has 2 amide bonds. The minimum absolute atomic E-state index is 0.0391. The molecule has 2 heterocycles. The summed E-state index contributed by atoms with van der Waals surface area (Å²) in [7, 11) is 1.93. The van der Waals surface area contributed by atoms with Crippen molar-refractivity contribution in [3.8, 4) is 0 Å². The highest BCUT2D eigenvalue weighted by atomic mass is 16.2. The molecule has 1 aliphatic heterocycles. The van der Waals surface area contributed by atoms with Crippen LogP contribution in [0.1, 0.15) is 23.5 Å².